The van der Waals surface area contributed by atoms with Crippen molar-refractivity contribution in [3.63, 3.8) is 0 Å². The molecule has 0 heterocycles. The summed E-state index contributed by atoms with van der Waals surface area (Å²) in [5, 5.41) is 19.2. The summed E-state index contributed by atoms with van der Waals surface area (Å²) in [5.74, 6) is 0.0824. The fraction of sp³-hybridized carbons (Fsp3) is 0.100. The van der Waals surface area contributed by atoms with Gasteiger partial charge in [0.05, 0.1) is 16.6 Å². The van der Waals surface area contributed by atoms with E-state index in [1.54, 1.807) is 0 Å². The molecular formula is C10H8N2O3. The fourth-order valence-corrected chi connectivity index (χ4v) is 0.999. The first-order valence-electron chi connectivity index (χ1n) is 4.11. The van der Waals surface area contributed by atoms with Gasteiger partial charge in [-0.1, -0.05) is 12.7 Å². The van der Waals surface area contributed by atoms with Crippen LogP contribution in [0.4, 0.5) is 5.69 Å². The molecule has 76 valence electrons. The molecule has 0 amide bonds. The van der Waals surface area contributed by atoms with Gasteiger partial charge < -0.3 is 4.74 Å². The van der Waals surface area contributed by atoms with Crippen molar-refractivity contribution >= 4 is 5.69 Å². The summed E-state index contributed by atoms with van der Waals surface area (Å²) in [6, 6.07) is 5.84. The molecule has 0 spiro atoms. The SMILES string of the molecule is C=CCOc1cc(C#N)ccc1[N+](=O)[O-]. The Hall–Kier alpha value is -2.35. The third kappa shape index (κ3) is 2.54. The largest absolute Gasteiger partial charge is 0.483 e. The summed E-state index contributed by atoms with van der Waals surface area (Å²) in [5.41, 5.74) is 0.163. The van der Waals surface area contributed by atoms with Gasteiger partial charge in [-0.2, -0.15) is 5.26 Å². The Labute approximate surface area is 86.4 Å². The lowest BCUT2D eigenvalue weighted by Gasteiger charge is -2.03. The van der Waals surface area contributed by atoms with Crippen LogP contribution in [-0.2, 0) is 0 Å². The van der Waals surface area contributed by atoms with E-state index in [0.29, 0.717) is 5.56 Å². The van der Waals surface area contributed by atoms with Gasteiger partial charge in [0.15, 0.2) is 5.75 Å². The normalized spacial score (nSPS) is 9.00. The van der Waals surface area contributed by atoms with E-state index in [2.05, 4.69) is 6.58 Å². The molecule has 0 aliphatic carbocycles. The molecule has 1 rings (SSSR count). The maximum absolute atomic E-state index is 10.6. The van der Waals surface area contributed by atoms with Gasteiger partial charge in [-0.05, 0) is 6.07 Å². The molecular weight excluding hydrogens is 196 g/mol. The van der Waals surface area contributed by atoms with Crippen LogP contribution in [-0.4, -0.2) is 11.5 Å². The highest BCUT2D eigenvalue weighted by molar-refractivity contribution is 5.51. The predicted molar refractivity (Wildman–Crippen MR) is 53.5 cm³/mol. The molecule has 0 radical (unpaired) electrons. The summed E-state index contributed by atoms with van der Waals surface area (Å²) in [7, 11) is 0. The topological polar surface area (TPSA) is 76.2 Å². The molecule has 1 aromatic carbocycles. The van der Waals surface area contributed by atoms with Crippen LogP contribution in [0.15, 0.2) is 30.9 Å². The van der Waals surface area contributed by atoms with E-state index in [-0.39, 0.29) is 18.0 Å². The van der Waals surface area contributed by atoms with Crippen LogP contribution in [0.3, 0.4) is 0 Å². The number of rotatable bonds is 4. The van der Waals surface area contributed by atoms with Crippen molar-refractivity contribution < 1.29 is 9.66 Å². The molecule has 0 aliphatic rings. The van der Waals surface area contributed by atoms with Crippen molar-refractivity contribution in [1.29, 1.82) is 5.26 Å². The van der Waals surface area contributed by atoms with Gasteiger partial charge in [0.25, 0.3) is 0 Å². The predicted octanol–water partition coefficient (Wildman–Crippen LogP) is 2.03. The number of nitriles is 1. The molecule has 0 atom stereocenters. The van der Waals surface area contributed by atoms with Crippen LogP contribution in [0.25, 0.3) is 0 Å². The van der Waals surface area contributed by atoms with Crippen LogP contribution in [0, 0.1) is 21.4 Å². The zero-order chi connectivity index (χ0) is 11.3. The van der Waals surface area contributed by atoms with Crippen LogP contribution in [0.1, 0.15) is 5.56 Å². The molecule has 0 saturated carbocycles. The molecule has 5 heteroatoms. The minimum atomic E-state index is -0.556. The quantitative estimate of drug-likeness (QED) is 0.427. The maximum atomic E-state index is 10.6. The molecule has 0 fully saturated rings. The Kier molecular flexibility index (Phi) is 3.41. The number of nitro benzene ring substituents is 1. The van der Waals surface area contributed by atoms with E-state index in [4.69, 9.17) is 10.00 Å². The molecule has 1 aromatic rings. The van der Waals surface area contributed by atoms with E-state index >= 15 is 0 Å². The maximum Gasteiger partial charge on any atom is 0.311 e. The summed E-state index contributed by atoms with van der Waals surface area (Å²) >= 11 is 0. The van der Waals surface area contributed by atoms with E-state index in [1.807, 2.05) is 6.07 Å². The molecule has 0 unspecified atom stereocenters. The van der Waals surface area contributed by atoms with E-state index in [9.17, 15) is 10.1 Å². The second-order valence-corrected chi connectivity index (χ2v) is 2.65. The van der Waals surface area contributed by atoms with Crippen molar-refractivity contribution in [3.8, 4) is 11.8 Å². The number of benzene rings is 1. The first kappa shape index (κ1) is 10.7. The molecule has 0 bridgehead atoms. The van der Waals surface area contributed by atoms with Crippen molar-refractivity contribution in [2.75, 3.05) is 6.61 Å². The Morgan fingerprint density at radius 1 is 1.67 bits per heavy atom. The van der Waals surface area contributed by atoms with Crippen molar-refractivity contribution in [3.05, 3.63) is 46.5 Å². The Balaban J connectivity index is 3.11. The third-order valence-electron chi connectivity index (χ3n) is 1.64. The zero-order valence-corrected chi connectivity index (χ0v) is 7.84. The summed E-state index contributed by atoms with van der Waals surface area (Å²) < 4.78 is 5.08. The van der Waals surface area contributed by atoms with Crippen molar-refractivity contribution in [1.82, 2.24) is 0 Å². The third-order valence-corrected chi connectivity index (χ3v) is 1.64. The van der Waals surface area contributed by atoms with Gasteiger partial charge in [-0.3, -0.25) is 10.1 Å². The number of hydrogen-bond donors (Lipinski definition) is 0. The smallest absolute Gasteiger partial charge is 0.311 e. The number of nitrogens with zero attached hydrogens (tertiary/aromatic N) is 2. The first-order valence-corrected chi connectivity index (χ1v) is 4.11. The lowest BCUT2D eigenvalue weighted by Crippen LogP contribution is -1.98. The molecule has 0 aliphatic heterocycles. The van der Waals surface area contributed by atoms with Gasteiger partial charge in [0.1, 0.15) is 6.61 Å². The zero-order valence-electron chi connectivity index (χ0n) is 7.84. The monoisotopic (exact) mass is 204 g/mol. The average Bonchev–Trinajstić information content (AvgIpc) is 2.25. The minimum absolute atomic E-state index is 0.0824. The Morgan fingerprint density at radius 2 is 2.40 bits per heavy atom. The molecule has 15 heavy (non-hydrogen) atoms. The molecule has 5 nitrogen and oxygen atoms in total. The van der Waals surface area contributed by atoms with Crippen molar-refractivity contribution in [2.45, 2.75) is 0 Å². The second kappa shape index (κ2) is 4.77. The van der Waals surface area contributed by atoms with E-state index in [0.717, 1.165) is 0 Å². The van der Waals surface area contributed by atoms with Gasteiger partial charge in [-0.25, -0.2) is 0 Å². The van der Waals surface area contributed by atoms with Crippen LogP contribution < -0.4 is 4.74 Å². The Morgan fingerprint density at radius 3 is 2.93 bits per heavy atom. The van der Waals surface area contributed by atoms with E-state index < -0.39 is 4.92 Å². The first-order chi connectivity index (χ1) is 7.19. The van der Waals surface area contributed by atoms with Gasteiger partial charge in [0.2, 0.25) is 0 Å². The van der Waals surface area contributed by atoms with Gasteiger partial charge in [0, 0.05) is 12.1 Å². The summed E-state index contributed by atoms with van der Waals surface area (Å²) in [4.78, 5) is 10.0. The van der Waals surface area contributed by atoms with Crippen LogP contribution >= 0.6 is 0 Å². The second-order valence-electron chi connectivity index (χ2n) is 2.65. The standard InChI is InChI=1S/C10H8N2O3/c1-2-5-15-10-6-8(7-11)3-4-9(10)12(13)14/h2-4,6H,1,5H2. The van der Waals surface area contributed by atoms with Crippen LogP contribution in [0.5, 0.6) is 5.75 Å². The van der Waals surface area contributed by atoms with Gasteiger partial charge >= 0.3 is 5.69 Å². The van der Waals surface area contributed by atoms with E-state index in [1.165, 1.54) is 24.3 Å². The minimum Gasteiger partial charge on any atom is -0.483 e. The Bertz CT molecular complexity index is 435. The summed E-state index contributed by atoms with van der Waals surface area (Å²) in [6.07, 6.45) is 1.47. The molecule has 0 N–H and O–H groups in total. The number of ether oxygens (including phenoxy) is 1. The number of nitro groups is 1. The summed E-state index contributed by atoms with van der Waals surface area (Å²) in [6.45, 7) is 3.60. The highest BCUT2D eigenvalue weighted by atomic mass is 16.6. The average molecular weight is 204 g/mol. The fourth-order valence-electron chi connectivity index (χ4n) is 0.999. The van der Waals surface area contributed by atoms with Crippen LogP contribution in [0.2, 0.25) is 0 Å². The number of hydrogen-bond acceptors (Lipinski definition) is 4. The molecule has 0 aromatic heterocycles. The molecule has 0 saturated heterocycles. The highest BCUT2D eigenvalue weighted by Crippen LogP contribution is 2.27. The highest BCUT2D eigenvalue weighted by Gasteiger charge is 2.14. The lowest BCUT2D eigenvalue weighted by molar-refractivity contribution is -0.385. The lowest BCUT2D eigenvalue weighted by atomic mass is 10.2. The van der Waals surface area contributed by atoms with Crippen molar-refractivity contribution in [2.24, 2.45) is 0 Å². The van der Waals surface area contributed by atoms with Gasteiger partial charge in [-0.15, -0.1) is 0 Å².